The Morgan fingerprint density at radius 2 is 2.00 bits per heavy atom. The number of nitrogen functional groups attached to an aromatic ring is 1. The van der Waals surface area contributed by atoms with E-state index in [0.29, 0.717) is 5.69 Å². The summed E-state index contributed by atoms with van der Waals surface area (Å²) in [6, 6.07) is 4.11. The van der Waals surface area contributed by atoms with Crippen LogP contribution in [0.4, 0.5) is 5.69 Å². The van der Waals surface area contributed by atoms with Crippen molar-refractivity contribution >= 4 is 21.6 Å². The first-order chi connectivity index (χ1) is 9.10. The molecule has 20 heavy (non-hydrogen) atoms. The molecule has 1 amide bonds. The molecule has 0 aromatic heterocycles. The number of ether oxygens (including phenoxy) is 1. The minimum absolute atomic E-state index is 0.00354. The lowest BCUT2D eigenvalue weighted by atomic mass is 9.93. The van der Waals surface area contributed by atoms with Crippen molar-refractivity contribution in [2.24, 2.45) is 11.1 Å². The van der Waals surface area contributed by atoms with Crippen molar-refractivity contribution in [1.82, 2.24) is 4.72 Å². The van der Waals surface area contributed by atoms with Gasteiger partial charge in [0, 0.05) is 12.6 Å². The number of sulfonamides is 1. The van der Waals surface area contributed by atoms with Crippen LogP contribution in [0.15, 0.2) is 23.1 Å². The van der Waals surface area contributed by atoms with E-state index in [1.807, 2.05) is 0 Å². The van der Waals surface area contributed by atoms with Gasteiger partial charge in [-0.15, -0.1) is 0 Å². The molecule has 1 rings (SSSR count). The second-order valence-corrected chi connectivity index (χ2v) is 6.74. The van der Waals surface area contributed by atoms with E-state index in [9.17, 15) is 13.2 Å². The van der Waals surface area contributed by atoms with E-state index in [4.69, 9.17) is 16.2 Å². The number of primary amides is 1. The Morgan fingerprint density at radius 1 is 1.40 bits per heavy atom. The molecule has 0 aliphatic carbocycles. The number of amides is 1. The summed E-state index contributed by atoms with van der Waals surface area (Å²) in [5.74, 6) is -0.322. The second kappa shape index (κ2) is 5.68. The van der Waals surface area contributed by atoms with Crippen LogP contribution >= 0.6 is 0 Å². The van der Waals surface area contributed by atoms with E-state index in [1.54, 1.807) is 13.8 Å². The predicted octanol–water partition coefficient (Wildman–Crippen LogP) is 0.0672. The van der Waals surface area contributed by atoms with Crippen LogP contribution in [0.2, 0.25) is 0 Å². The Morgan fingerprint density at radius 3 is 2.50 bits per heavy atom. The molecule has 0 radical (unpaired) electrons. The molecule has 0 bridgehead atoms. The first-order valence-corrected chi connectivity index (χ1v) is 7.31. The van der Waals surface area contributed by atoms with Gasteiger partial charge in [0.1, 0.15) is 5.75 Å². The summed E-state index contributed by atoms with van der Waals surface area (Å²) >= 11 is 0. The Labute approximate surface area is 118 Å². The molecule has 7 nitrogen and oxygen atoms in total. The summed E-state index contributed by atoms with van der Waals surface area (Å²) in [7, 11) is -2.38. The van der Waals surface area contributed by atoms with Crippen molar-refractivity contribution in [3.05, 3.63) is 18.2 Å². The summed E-state index contributed by atoms with van der Waals surface area (Å²) in [6.07, 6.45) is 0. The minimum Gasteiger partial charge on any atom is -0.495 e. The molecule has 0 fully saturated rings. The van der Waals surface area contributed by atoms with Crippen molar-refractivity contribution in [2.45, 2.75) is 18.7 Å². The SMILES string of the molecule is COc1cc(S(=O)(=O)NCC(C)(C)C(N)=O)ccc1N. The van der Waals surface area contributed by atoms with Crippen LogP contribution in [0.5, 0.6) is 5.75 Å². The summed E-state index contributed by atoms with van der Waals surface area (Å²) in [5, 5.41) is 0. The number of benzene rings is 1. The molecule has 0 atom stereocenters. The van der Waals surface area contributed by atoms with Gasteiger partial charge >= 0.3 is 0 Å². The zero-order valence-corrected chi connectivity index (χ0v) is 12.5. The summed E-state index contributed by atoms with van der Waals surface area (Å²) in [5.41, 5.74) is 10.2. The van der Waals surface area contributed by atoms with Crippen LogP contribution in [0.1, 0.15) is 13.8 Å². The number of hydrogen-bond donors (Lipinski definition) is 3. The Kier molecular flexibility index (Phi) is 4.61. The van der Waals surface area contributed by atoms with Gasteiger partial charge in [-0.25, -0.2) is 13.1 Å². The number of hydrogen-bond acceptors (Lipinski definition) is 5. The molecule has 0 heterocycles. The molecule has 0 saturated carbocycles. The van der Waals surface area contributed by atoms with Crippen LogP contribution in [-0.4, -0.2) is 28.0 Å². The fourth-order valence-corrected chi connectivity index (χ4v) is 2.53. The highest BCUT2D eigenvalue weighted by Crippen LogP contribution is 2.25. The lowest BCUT2D eigenvalue weighted by Crippen LogP contribution is -2.42. The predicted molar refractivity (Wildman–Crippen MR) is 75.6 cm³/mol. The van der Waals surface area contributed by atoms with Crippen LogP contribution < -0.4 is 20.9 Å². The first kappa shape index (κ1) is 16.3. The zero-order valence-electron chi connectivity index (χ0n) is 11.6. The van der Waals surface area contributed by atoms with Gasteiger partial charge in [-0.05, 0) is 26.0 Å². The van der Waals surface area contributed by atoms with Crippen molar-refractivity contribution in [1.29, 1.82) is 0 Å². The van der Waals surface area contributed by atoms with E-state index in [2.05, 4.69) is 4.72 Å². The number of nitrogens with one attached hydrogen (secondary N) is 1. The van der Waals surface area contributed by atoms with Crippen LogP contribution in [0.25, 0.3) is 0 Å². The van der Waals surface area contributed by atoms with Crippen LogP contribution in [-0.2, 0) is 14.8 Å². The van der Waals surface area contributed by atoms with Gasteiger partial charge in [-0.2, -0.15) is 0 Å². The van der Waals surface area contributed by atoms with Crippen molar-refractivity contribution in [3.63, 3.8) is 0 Å². The maximum absolute atomic E-state index is 12.1. The van der Waals surface area contributed by atoms with E-state index < -0.39 is 21.3 Å². The Hall–Kier alpha value is -1.80. The average Bonchev–Trinajstić information content (AvgIpc) is 2.37. The Balaban J connectivity index is 2.98. The number of carbonyl (C=O) groups is 1. The summed E-state index contributed by atoms with van der Waals surface area (Å²) in [6.45, 7) is 3.01. The standard InChI is InChI=1S/C12H19N3O4S/c1-12(2,11(14)16)7-15-20(17,18)8-4-5-9(13)10(6-8)19-3/h4-6,15H,7,13H2,1-3H3,(H2,14,16). The highest BCUT2D eigenvalue weighted by molar-refractivity contribution is 7.89. The number of nitrogens with two attached hydrogens (primary N) is 2. The van der Waals surface area contributed by atoms with Crippen molar-refractivity contribution in [3.8, 4) is 5.75 Å². The lowest BCUT2D eigenvalue weighted by molar-refractivity contribution is -0.125. The molecule has 1 aromatic rings. The first-order valence-electron chi connectivity index (χ1n) is 5.83. The third-order valence-corrected chi connectivity index (χ3v) is 4.29. The van der Waals surface area contributed by atoms with Gasteiger partial charge in [0.2, 0.25) is 15.9 Å². The summed E-state index contributed by atoms with van der Waals surface area (Å²) in [4.78, 5) is 11.2. The van der Waals surface area contributed by atoms with E-state index in [-0.39, 0.29) is 17.2 Å². The third-order valence-electron chi connectivity index (χ3n) is 2.89. The molecule has 5 N–H and O–H groups in total. The quantitative estimate of drug-likeness (QED) is 0.641. The molecule has 1 aromatic carbocycles. The van der Waals surface area contributed by atoms with E-state index >= 15 is 0 Å². The van der Waals surface area contributed by atoms with Gasteiger partial charge in [0.15, 0.2) is 0 Å². The normalized spacial score (nSPS) is 12.2. The van der Waals surface area contributed by atoms with E-state index in [1.165, 1.54) is 25.3 Å². The molecule has 0 aliphatic rings. The van der Waals surface area contributed by atoms with Crippen molar-refractivity contribution in [2.75, 3.05) is 19.4 Å². The molecule has 0 unspecified atom stereocenters. The van der Waals surface area contributed by atoms with E-state index in [0.717, 1.165) is 0 Å². The average molecular weight is 301 g/mol. The molecule has 0 saturated heterocycles. The maximum Gasteiger partial charge on any atom is 0.240 e. The molecular weight excluding hydrogens is 282 g/mol. The van der Waals surface area contributed by atoms with Crippen LogP contribution in [0.3, 0.4) is 0 Å². The van der Waals surface area contributed by atoms with Crippen molar-refractivity contribution < 1.29 is 17.9 Å². The van der Waals surface area contributed by atoms with Crippen LogP contribution in [0, 0.1) is 5.41 Å². The molecule has 112 valence electrons. The summed E-state index contributed by atoms with van der Waals surface area (Å²) < 4.78 is 31.6. The maximum atomic E-state index is 12.1. The number of rotatable bonds is 6. The molecule has 0 aliphatic heterocycles. The van der Waals surface area contributed by atoms with Gasteiger partial charge in [-0.3, -0.25) is 4.79 Å². The second-order valence-electron chi connectivity index (χ2n) is 4.98. The molecular formula is C12H19N3O4S. The lowest BCUT2D eigenvalue weighted by Gasteiger charge is -2.20. The fourth-order valence-electron chi connectivity index (χ4n) is 1.30. The highest BCUT2D eigenvalue weighted by atomic mass is 32.2. The number of carbonyl (C=O) groups excluding carboxylic acids is 1. The van der Waals surface area contributed by atoms with Gasteiger partial charge in [0.25, 0.3) is 0 Å². The topological polar surface area (TPSA) is 125 Å². The molecule has 0 spiro atoms. The number of methoxy groups -OCH3 is 1. The molecule has 8 heteroatoms. The minimum atomic E-state index is -3.77. The number of anilines is 1. The van der Waals surface area contributed by atoms with Gasteiger partial charge in [0.05, 0.1) is 23.1 Å². The highest BCUT2D eigenvalue weighted by Gasteiger charge is 2.27. The zero-order chi connectivity index (χ0) is 15.6. The largest absolute Gasteiger partial charge is 0.495 e. The van der Waals surface area contributed by atoms with Gasteiger partial charge < -0.3 is 16.2 Å². The fraction of sp³-hybridized carbons (Fsp3) is 0.417. The van der Waals surface area contributed by atoms with Gasteiger partial charge in [-0.1, -0.05) is 0 Å². The monoisotopic (exact) mass is 301 g/mol. The smallest absolute Gasteiger partial charge is 0.240 e. The Bertz CT molecular complexity index is 611. The third kappa shape index (κ3) is 3.61.